The molecule has 0 bridgehead atoms. The largest absolute Gasteiger partial charge is 0.391 e. The van der Waals surface area contributed by atoms with Crippen LogP contribution in [0.1, 0.15) is 16.8 Å². The van der Waals surface area contributed by atoms with Gasteiger partial charge in [0, 0.05) is 30.8 Å². The van der Waals surface area contributed by atoms with Crippen molar-refractivity contribution in [3.05, 3.63) is 39.9 Å². The molecule has 1 aromatic carbocycles. The number of likely N-dealkylation sites (tertiary alicyclic amines) is 1. The minimum absolute atomic E-state index is 0.0389. The first kappa shape index (κ1) is 11.5. The number of rotatable bonds is 2. The van der Waals surface area contributed by atoms with Gasteiger partial charge < -0.3 is 10.0 Å². The van der Waals surface area contributed by atoms with Crippen LogP contribution in [0.25, 0.3) is 0 Å². The van der Waals surface area contributed by atoms with Crippen LogP contribution >= 0.6 is 0 Å². The van der Waals surface area contributed by atoms with Gasteiger partial charge in [0.05, 0.1) is 11.0 Å². The van der Waals surface area contributed by atoms with Crippen molar-refractivity contribution in [3.63, 3.8) is 0 Å². The van der Waals surface area contributed by atoms with E-state index in [0.717, 1.165) is 0 Å². The third-order valence-corrected chi connectivity index (χ3v) is 2.78. The van der Waals surface area contributed by atoms with Crippen LogP contribution in [0, 0.1) is 10.1 Å². The lowest BCUT2D eigenvalue weighted by Gasteiger charge is -2.15. The van der Waals surface area contributed by atoms with Crippen molar-refractivity contribution >= 4 is 11.6 Å². The Hall–Kier alpha value is -1.95. The molecule has 6 heteroatoms. The molecule has 1 amide bonds. The number of amides is 1. The Morgan fingerprint density at radius 1 is 1.41 bits per heavy atom. The zero-order valence-electron chi connectivity index (χ0n) is 9.07. The van der Waals surface area contributed by atoms with Gasteiger partial charge in [0.15, 0.2) is 0 Å². The van der Waals surface area contributed by atoms with Crippen LogP contribution in [0.15, 0.2) is 24.3 Å². The Morgan fingerprint density at radius 2 is 2.06 bits per heavy atom. The highest BCUT2D eigenvalue weighted by Crippen LogP contribution is 2.16. The molecule has 17 heavy (non-hydrogen) atoms. The van der Waals surface area contributed by atoms with Crippen molar-refractivity contribution < 1.29 is 14.8 Å². The fourth-order valence-corrected chi connectivity index (χ4v) is 1.83. The van der Waals surface area contributed by atoms with Gasteiger partial charge in [-0.25, -0.2) is 0 Å². The van der Waals surface area contributed by atoms with Crippen LogP contribution in [0.5, 0.6) is 0 Å². The lowest BCUT2D eigenvalue weighted by Crippen LogP contribution is -2.29. The van der Waals surface area contributed by atoms with Crippen molar-refractivity contribution in [2.24, 2.45) is 0 Å². The fraction of sp³-hybridized carbons (Fsp3) is 0.364. The van der Waals surface area contributed by atoms with Crippen LogP contribution < -0.4 is 0 Å². The van der Waals surface area contributed by atoms with Gasteiger partial charge in [0.25, 0.3) is 11.6 Å². The summed E-state index contributed by atoms with van der Waals surface area (Å²) in [6.07, 6.45) is 0.121. The summed E-state index contributed by atoms with van der Waals surface area (Å²) in [5, 5.41) is 19.8. The van der Waals surface area contributed by atoms with E-state index >= 15 is 0 Å². The molecule has 1 N–H and O–H groups in total. The average Bonchev–Trinajstić information content (AvgIpc) is 2.75. The van der Waals surface area contributed by atoms with E-state index in [1.807, 2.05) is 0 Å². The normalized spacial score (nSPS) is 19.4. The molecule has 1 saturated heterocycles. The first-order valence-corrected chi connectivity index (χ1v) is 5.30. The monoisotopic (exact) mass is 236 g/mol. The lowest BCUT2D eigenvalue weighted by molar-refractivity contribution is -0.384. The maximum Gasteiger partial charge on any atom is 0.269 e. The summed E-state index contributed by atoms with van der Waals surface area (Å²) in [6, 6.07) is 5.48. The topological polar surface area (TPSA) is 83.7 Å². The molecule has 1 fully saturated rings. The van der Waals surface area contributed by atoms with Gasteiger partial charge in [-0.2, -0.15) is 0 Å². The summed E-state index contributed by atoms with van der Waals surface area (Å²) in [4.78, 5) is 23.4. The summed E-state index contributed by atoms with van der Waals surface area (Å²) < 4.78 is 0. The minimum Gasteiger partial charge on any atom is -0.391 e. The number of nitrogens with zero attached hydrogens (tertiary/aromatic N) is 2. The van der Waals surface area contributed by atoms with E-state index in [4.69, 9.17) is 0 Å². The van der Waals surface area contributed by atoms with E-state index in [1.54, 1.807) is 4.90 Å². The first-order valence-electron chi connectivity index (χ1n) is 5.30. The lowest BCUT2D eigenvalue weighted by atomic mass is 10.2. The number of hydrogen-bond acceptors (Lipinski definition) is 4. The van der Waals surface area contributed by atoms with Gasteiger partial charge >= 0.3 is 0 Å². The Morgan fingerprint density at radius 3 is 2.53 bits per heavy atom. The molecule has 0 spiro atoms. The molecule has 1 atom stereocenters. The summed E-state index contributed by atoms with van der Waals surface area (Å²) in [5.41, 5.74) is 0.368. The van der Waals surface area contributed by atoms with E-state index in [1.165, 1.54) is 24.3 Å². The van der Waals surface area contributed by atoms with Gasteiger partial charge in [-0.1, -0.05) is 0 Å². The SMILES string of the molecule is O=C(c1ccc([N+](=O)[O-])cc1)N1CC[C@H](O)C1. The summed E-state index contributed by atoms with van der Waals surface area (Å²) >= 11 is 0. The molecular weight excluding hydrogens is 224 g/mol. The second kappa shape index (κ2) is 4.50. The number of benzene rings is 1. The van der Waals surface area contributed by atoms with Crippen LogP contribution in [-0.4, -0.2) is 40.0 Å². The highest BCUT2D eigenvalue weighted by molar-refractivity contribution is 5.94. The number of aliphatic hydroxyl groups excluding tert-OH is 1. The van der Waals surface area contributed by atoms with E-state index in [0.29, 0.717) is 25.1 Å². The van der Waals surface area contributed by atoms with Gasteiger partial charge in [-0.15, -0.1) is 0 Å². The third-order valence-electron chi connectivity index (χ3n) is 2.78. The zero-order chi connectivity index (χ0) is 12.4. The second-order valence-corrected chi connectivity index (χ2v) is 4.00. The Labute approximate surface area is 97.6 Å². The first-order chi connectivity index (χ1) is 8.08. The Balaban J connectivity index is 2.12. The minimum atomic E-state index is -0.506. The molecule has 2 rings (SSSR count). The molecule has 0 aromatic heterocycles. The maximum atomic E-state index is 11.9. The molecule has 1 aliphatic rings. The quantitative estimate of drug-likeness (QED) is 0.608. The number of nitro groups is 1. The van der Waals surface area contributed by atoms with Gasteiger partial charge in [0.2, 0.25) is 0 Å². The van der Waals surface area contributed by atoms with E-state index in [-0.39, 0.29) is 11.6 Å². The second-order valence-electron chi connectivity index (χ2n) is 4.00. The van der Waals surface area contributed by atoms with Crippen LogP contribution in [0.3, 0.4) is 0 Å². The van der Waals surface area contributed by atoms with E-state index in [2.05, 4.69) is 0 Å². The van der Waals surface area contributed by atoms with Crippen LogP contribution in [-0.2, 0) is 0 Å². The molecule has 90 valence electrons. The maximum absolute atomic E-state index is 11.9. The van der Waals surface area contributed by atoms with Gasteiger partial charge in [-0.3, -0.25) is 14.9 Å². The molecule has 1 aromatic rings. The van der Waals surface area contributed by atoms with Crippen molar-refractivity contribution in [2.45, 2.75) is 12.5 Å². The molecule has 1 heterocycles. The van der Waals surface area contributed by atoms with Crippen molar-refractivity contribution in [3.8, 4) is 0 Å². The van der Waals surface area contributed by atoms with E-state index in [9.17, 15) is 20.0 Å². The van der Waals surface area contributed by atoms with Crippen molar-refractivity contribution in [1.29, 1.82) is 0 Å². The van der Waals surface area contributed by atoms with Crippen LogP contribution in [0.2, 0.25) is 0 Å². The summed E-state index contributed by atoms with van der Waals surface area (Å²) in [5.74, 6) is -0.198. The average molecular weight is 236 g/mol. The van der Waals surface area contributed by atoms with E-state index < -0.39 is 11.0 Å². The standard InChI is InChI=1S/C11H12N2O4/c14-10-5-6-12(7-10)11(15)8-1-3-9(4-2-8)13(16)17/h1-4,10,14H,5-7H2/t10-/m0/s1. The number of carbonyl (C=O) groups excluding carboxylic acids is 1. The number of nitro benzene ring substituents is 1. The number of aliphatic hydroxyl groups is 1. The number of non-ortho nitro benzene ring substituents is 1. The summed E-state index contributed by atoms with van der Waals surface area (Å²) in [7, 11) is 0. The van der Waals surface area contributed by atoms with Gasteiger partial charge in [0.1, 0.15) is 0 Å². The highest BCUT2D eigenvalue weighted by atomic mass is 16.6. The summed E-state index contributed by atoms with van der Waals surface area (Å²) in [6.45, 7) is 0.854. The highest BCUT2D eigenvalue weighted by Gasteiger charge is 2.25. The number of hydrogen-bond donors (Lipinski definition) is 1. The Kier molecular flexibility index (Phi) is 3.06. The predicted octanol–water partition coefficient (Wildman–Crippen LogP) is 0.802. The molecule has 1 aliphatic heterocycles. The van der Waals surface area contributed by atoms with Crippen molar-refractivity contribution in [2.75, 3.05) is 13.1 Å². The fourth-order valence-electron chi connectivity index (χ4n) is 1.83. The number of β-amino-alcohol motifs (C(OH)–C–C–N with tert-alkyl or cyclic N) is 1. The molecule has 0 saturated carbocycles. The molecule has 0 radical (unpaired) electrons. The molecule has 6 nitrogen and oxygen atoms in total. The number of carbonyl (C=O) groups is 1. The Bertz CT molecular complexity index is 443. The predicted molar refractivity (Wildman–Crippen MR) is 59.6 cm³/mol. The smallest absolute Gasteiger partial charge is 0.269 e. The van der Waals surface area contributed by atoms with Crippen molar-refractivity contribution in [1.82, 2.24) is 4.90 Å². The molecule has 0 unspecified atom stereocenters. The molecular formula is C11H12N2O4. The zero-order valence-corrected chi connectivity index (χ0v) is 9.07. The van der Waals surface area contributed by atoms with Crippen LogP contribution in [0.4, 0.5) is 5.69 Å². The van der Waals surface area contributed by atoms with Gasteiger partial charge in [-0.05, 0) is 18.6 Å². The molecule has 0 aliphatic carbocycles. The third kappa shape index (κ3) is 2.42.